The van der Waals surface area contributed by atoms with E-state index in [0.717, 1.165) is 19.3 Å². The van der Waals surface area contributed by atoms with Crippen LogP contribution in [0.25, 0.3) is 0 Å². The molecular weight excluding hydrogens is 338 g/mol. The molecule has 4 atom stereocenters. The van der Waals surface area contributed by atoms with Gasteiger partial charge in [0, 0.05) is 18.8 Å². The number of nitrogens with zero attached hydrogens (tertiary/aromatic N) is 1. The molecule has 2 heterocycles. The Bertz CT molecular complexity index is 506. The largest absolute Gasteiger partial charge is 0.462 e. The van der Waals surface area contributed by atoms with E-state index in [1.165, 1.54) is 24.2 Å². The summed E-state index contributed by atoms with van der Waals surface area (Å²) in [5, 5.41) is 29.1. The Morgan fingerprint density at radius 3 is 2.65 bits per heavy atom. The average molecular weight is 369 g/mol. The summed E-state index contributed by atoms with van der Waals surface area (Å²) in [5.74, 6) is -0.375. The molecule has 7 heteroatoms. The van der Waals surface area contributed by atoms with E-state index in [1.54, 1.807) is 18.5 Å². The van der Waals surface area contributed by atoms with Crippen molar-refractivity contribution in [1.29, 1.82) is 0 Å². The van der Waals surface area contributed by atoms with Gasteiger partial charge in [-0.05, 0) is 6.42 Å². The van der Waals surface area contributed by atoms with Crippen molar-refractivity contribution in [2.24, 2.45) is 0 Å². The molecule has 0 radical (unpaired) electrons. The molecule has 7 nitrogen and oxygen atoms in total. The molecule has 148 valence electrons. The monoisotopic (exact) mass is 369 g/mol. The van der Waals surface area contributed by atoms with Crippen LogP contribution in [-0.2, 0) is 14.3 Å². The molecule has 2 rings (SSSR count). The summed E-state index contributed by atoms with van der Waals surface area (Å²) in [6.07, 6.45) is 8.20. The molecule has 1 saturated heterocycles. The number of hydrogen-bond donors (Lipinski definition) is 3. The molecule has 0 unspecified atom stereocenters. The third-order valence-electron chi connectivity index (χ3n) is 4.72. The number of carbonyl (C=O) groups excluding carboxylic acids is 1. The molecule has 0 spiro atoms. The molecule has 3 N–H and O–H groups in total. The van der Waals surface area contributed by atoms with E-state index in [0.29, 0.717) is 18.6 Å². The first-order valence-electron chi connectivity index (χ1n) is 9.52. The van der Waals surface area contributed by atoms with Crippen LogP contribution in [0.4, 0.5) is 0 Å². The zero-order valence-corrected chi connectivity index (χ0v) is 15.4. The van der Waals surface area contributed by atoms with Gasteiger partial charge in [-0.2, -0.15) is 0 Å². The van der Waals surface area contributed by atoms with Crippen molar-refractivity contribution in [3.63, 3.8) is 0 Å². The molecule has 2 aliphatic rings. The van der Waals surface area contributed by atoms with Crippen molar-refractivity contribution in [2.45, 2.75) is 76.4 Å². The standard InChI is InChI=1S/C19H31NO6/c1-2-3-4-5-6-7-11-25-19(24)14-9-8-10-20(12-14)18-17(23)16(22)15(13-21)26-18/h8,10,12,15-18,21-23H,2-7,9,11,13H2,1H3/t15-,16+,17+,18-/m1/s1. The van der Waals surface area contributed by atoms with Crippen molar-refractivity contribution in [1.82, 2.24) is 4.90 Å². The number of aliphatic hydroxyl groups excluding tert-OH is 3. The minimum absolute atomic E-state index is 0.375. The summed E-state index contributed by atoms with van der Waals surface area (Å²) in [5.41, 5.74) is 0.469. The molecule has 0 aromatic rings. The van der Waals surface area contributed by atoms with E-state index >= 15 is 0 Å². The Labute approximate surface area is 154 Å². The second kappa shape index (κ2) is 10.7. The highest BCUT2D eigenvalue weighted by atomic mass is 16.6. The summed E-state index contributed by atoms with van der Waals surface area (Å²) in [7, 11) is 0. The zero-order valence-electron chi connectivity index (χ0n) is 15.4. The molecule has 2 aliphatic heterocycles. The van der Waals surface area contributed by atoms with Crippen molar-refractivity contribution >= 4 is 5.97 Å². The first-order valence-corrected chi connectivity index (χ1v) is 9.52. The van der Waals surface area contributed by atoms with E-state index in [-0.39, 0.29) is 12.6 Å². The smallest absolute Gasteiger partial charge is 0.335 e. The highest BCUT2D eigenvalue weighted by molar-refractivity contribution is 5.88. The van der Waals surface area contributed by atoms with Crippen LogP contribution in [0.1, 0.15) is 51.9 Å². The molecule has 0 aromatic carbocycles. The SMILES string of the molecule is CCCCCCCCOC(=O)C1=CN([C@@H]2O[C@H](CO)[C@H](O)[C@@H]2O)C=CC1. The summed E-state index contributed by atoms with van der Waals surface area (Å²) < 4.78 is 10.8. The number of hydrogen-bond acceptors (Lipinski definition) is 7. The maximum Gasteiger partial charge on any atom is 0.335 e. The number of unbranched alkanes of at least 4 members (excludes halogenated alkanes) is 5. The fraction of sp³-hybridized carbons (Fsp3) is 0.737. The molecule has 0 aliphatic carbocycles. The number of esters is 1. The number of ether oxygens (including phenoxy) is 2. The van der Waals surface area contributed by atoms with E-state index in [9.17, 15) is 20.1 Å². The van der Waals surface area contributed by atoms with Crippen LogP contribution < -0.4 is 0 Å². The van der Waals surface area contributed by atoms with Crippen LogP contribution >= 0.6 is 0 Å². The third kappa shape index (κ3) is 5.54. The lowest BCUT2D eigenvalue weighted by Gasteiger charge is -2.28. The molecular formula is C19H31NO6. The van der Waals surface area contributed by atoms with Crippen LogP contribution in [0.5, 0.6) is 0 Å². The minimum Gasteiger partial charge on any atom is -0.462 e. The first kappa shape index (κ1) is 20.9. The third-order valence-corrected chi connectivity index (χ3v) is 4.72. The van der Waals surface area contributed by atoms with E-state index in [2.05, 4.69) is 6.92 Å². The van der Waals surface area contributed by atoms with E-state index < -0.39 is 24.5 Å². The van der Waals surface area contributed by atoms with E-state index in [1.807, 2.05) is 0 Å². The average Bonchev–Trinajstić information content (AvgIpc) is 2.95. The highest BCUT2D eigenvalue weighted by Gasteiger charge is 2.44. The van der Waals surface area contributed by atoms with Crippen molar-refractivity contribution in [3.8, 4) is 0 Å². The predicted molar refractivity (Wildman–Crippen MR) is 95.8 cm³/mol. The number of rotatable bonds is 10. The second-order valence-corrected chi connectivity index (χ2v) is 6.82. The lowest BCUT2D eigenvalue weighted by atomic mass is 10.1. The van der Waals surface area contributed by atoms with E-state index in [4.69, 9.17) is 9.47 Å². The van der Waals surface area contributed by atoms with Crippen LogP contribution in [0.15, 0.2) is 24.0 Å². The van der Waals surface area contributed by atoms with Gasteiger partial charge in [-0.3, -0.25) is 0 Å². The normalized spacial score (nSPS) is 28.3. The summed E-state index contributed by atoms with van der Waals surface area (Å²) in [6.45, 7) is 2.20. The van der Waals surface area contributed by atoms with Gasteiger partial charge in [0.1, 0.15) is 18.3 Å². The molecule has 0 amide bonds. The predicted octanol–water partition coefficient (Wildman–Crippen LogP) is 1.43. The van der Waals surface area contributed by atoms with Gasteiger partial charge in [0.2, 0.25) is 0 Å². The maximum absolute atomic E-state index is 12.2. The van der Waals surface area contributed by atoms with Crippen LogP contribution in [0.2, 0.25) is 0 Å². The molecule has 1 fully saturated rings. The fourth-order valence-corrected chi connectivity index (χ4v) is 3.14. The number of aliphatic hydroxyl groups is 3. The lowest BCUT2D eigenvalue weighted by molar-refractivity contribution is -0.139. The Morgan fingerprint density at radius 1 is 1.23 bits per heavy atom. The van der Waals surface area contributed by atoms with Gasteiger partial charge < -0.3 is 29.7 Å². The Hall–Kier alpha value is -1.41. The van der Waals surface area contributed by atoms with Crippen LogP contribution in [-0.4, -0.2) is 63.9 Å². The Morgan fingerprint density at radius 2 is 1.96 bits per heavy atom. The topological polar surface area (TPSA) is 99.5 Å². The van der Waals surface area contributed by atoms with Gasteiger partial charge in [-0.25, -0.2) is 4.79 Å². The van der Waals surface area contributed by atoms with Gasteiger partial charge in [-0.1, -0.05) is 45.1 Å². The highest BCUT2D eigenvalue weighted by Crippen LogP contribution is 2.27. The fourth-order valence-electron chi connectivity index (χ4n) is 3.14. The van der Waals surface area contributed by atoms with Gasteiger partial charge in [0.25, 0.3) is 0 Å². The summed E-state index contributed by atoms with van der Waals surface area (Å²) in [4.78, 5) is 13.8. The molecule has 0 aromatic heterocycles. The minimum atomic E-state index is -1.17. The molecule has 0 saturated carbocycles. The first-order chi connectivity index (χ1) is 12.6. The van der Waals surface area contributed by atoms with Crippen molar-refractivity contribution in [2.75, 3.05) is 13.2 Å². The Kier molecular flexibility index (Phi) is 8.58. The zero-order chi connectivity index (χ0) is 18.9. The Balaban J connectivity index is 1.80. The van der Waals surface area contributed by atoms with Gasteiger partial charge in [0.05, 0.1) is 18.8 Å². The van der Waals surface area contributed by atoms with Crippen LogP contribution in [0.3, 0.4) is 0 Å². The van der Waals surface area contributed by atoms with Crippen molar-refractivity contribution < 1.29 is 29.6 Å². The van der Waals surface area contributed by atoms with Gasteiger partial charge in [-0.15, -0.1) is 0 Å². The second-order valence-electron chi connectivity index (χ2n) is 6.82. The maximum atomic E-state index is 12.2. The number of allylic oxidation sites excluding steroid dienone is 1. The molecule has 26 heavy (non-hydrogen) atoms. The van der Waals surface area contributed by atoms with Gasteiger partial charge in [0.15, 0.2) is 6.23 Å². The summed E-state index contributed by atoms with van der Waals surface area (Å²) >= 11 is 0. The lowest BCUT2D eigenvalue weighted by Crippen LogP contribution is -2.40. The summed E-state index contributed by atoms with van der Waals surface area (Å²) in [6, 6.07) is 0. The number of carbonyl (C=O) groups is 1. The van der Waals surface area contributed by atoms with Crippen molar-refractivity contribution in [3.05, 3.63) is 24.0 Å². The molecule has 0 bridgehead atoms. The van der Waals surface area contributed by atoms with Crippen LogP contribution in [0, 0.1) is 0 Å². The quantitative estimate of drug-likeness (QED) is 0.396. The van der Waals surface area contributed by atoms with Gasteiger partial charge >= 0.3 is 5.97 Å².